The molecule has 1 aliphatic heterocycles. The van der Waals surface area contributed by atoms with E-state index in [1.165, 1.54) is 20.2 Å². The quantitative estimate of drug-likeness (QED) is 0.846. The predicted molar refractivity (Wildman–Crippen MR) is 70.1 cm³/mol. The van der Waals surface area contributed by atoms with Crippen LogP contribution in [0.15, 0.2) is 21.6 Å². The highest BCUT2D eigenvalue weighted by atomic mass is 32.2. The van der Waals surface area contributed by atoms with Gasteiger partial charge in [-0.25, -0.2) is 12.7 Å². The first-order chi connectivity index (χ1) is 8.93. The van der Waals surface area contributed by atoms with Crippen LogP contribution in [-0.4, -0.2) is 56.5 Å². The third kappa shape index (κ3) is 3.17. The normalized spacial score (nSPS) is 21.4. The van der Waals surface area contributed by atoms with Gasteiger partial charge in [-0.2, -0.15) is 0 Å². The molecule has 1 saturated heterocycles. The lowest BCUT2D eigenvalue weighted by Crippen LogP contribution is -2.22. The molecule has 1 atom stereocenters. The molecule has 0 amide bonds. The van der Waals surface area contributed by atoms with Crippen LogP contribution < -0.4 is 0 Å². The summed E-state index contributed by atoms with van der Waals surface area (Å²) in [5, 5.41) is 9.06. The average molecular weight is 288 g/mol. The van der Waals surface area contributed by atoms with E-state index >= 15 is 0 Å². The fourth-order valence-electron chi connectivity index (χ4n) is 2.19. The molecule has 1 N–H and O–H groups in total. The molecular weight excluding hydrogens is 268 g/mol. The summed E-state index contributed by atoms with van der Waals surface area (Å²) in [6, 6.07) is 3.19. The fourth-order valence-corrected chi connectivity index (χ4v) is 3.00. The van der Waals surface area contributed by atoms with Crippen LogP contribution in [-0.2, 0) is 16.6 Å². The van der Waals surface area contributed by atoms with Gasteiger partial charge >= 0.3 is 0 Å². The molecule has 1 unspecified atom stereocenters. The molecule has 0 bridgehead atoms. The first kappa shape index (κ1) is 14.5. The van der Waals surface area contributed by atoms with Crippen molar-refractivity contribution >= 4 is 10.0 Å². The van der Waals surface area contributed by atoms with Crippen LogP contribution in [0.2, 0.25) is 0 Å². The monoisotopic (exact) mass is 288 g/mol. The molecule has 0 spiro atoms. The van der Waals surface area contributed by atoms with Gasteiger partial charge in [-0.05, 0) is 31.0 Å². The Bertz CT molecular complexity index is 524. The van der Waals surface area contributed by atoms with Gasteiger partial charge in [0.1, 0.15) is 5.76 Å². The molecule has 6 nitrogen and oxygen atoms in total. The number of hydrogen-bond acceptors (Lipinski definition) is 5. The molecule has 0 aromatic carbocycles. The largest absolute Gasteiger partial charge is 0.447 e. The van der Waals surface area contributed by atoms with Gasteiger partial charge in [0.15, 0.2) is 0 Å². The Morgan fingerprint density at radius 2 is 2.21 bits per heavy atom. The van der Waals surface area contributed by atoms with Gasteiger partial charge in [0.05, 0.1) is 6.54 Å². The number of nitrogens with zero attached hydrogens (tertiary/aromatic N) is 2. The van der Waals surface area contributed by atoms with Crippen LogP contribution in [0.25, 0.3) is 0 Å². The molecule has 0 radical (unpaired) electrons. The lowest BCUT2D eigenvalue weighted by molar-refractivity contribution is 0.214. The smallest absolute Gasteiger partial charge is 0.275 e. The number of furan rings is 1. The maximum absolute atomic E-state index is 11.9. The van der Waals surface area contributed by atoms with E-state index in [4.69, 9.17) is 9.52 Å². The molecule has 0 saturated carbocycles. The van der Waals surface area contributed by atoms with E-state index in [-0.39, 0.29) is 11.7 Å². The van der Waals surface area contributed by atoms with E-state index < -0.39 is 10.0 Å². The van der Waals surface area contributed by atoms with Crippen LogP contribution in [0.1, 0.15) is 12.2 Å². The molecule has 108 valence electrons. The molecule has 1 aliphatic rings. The van der Waals surface area contributed by atoms with Crippen molar-refractivity contribution in [3.8, 4) is 0 Å². The van der Waals surface area contributed by atoms with Crippen molar-refractivity contribution in [2.45, 2.75) is 18.1 Å². The Balaban J connectivity index is 2.03. The zero-order valence-electron chi connectivity index (χ0n) is 11.2. The van der Waals surface area contributed by atoms with Crippen molar-refractivity contribution in [3.63, 3.8) is 0 Å². The van der Waals surface area contributed by atoms with Gasteiger partial charge in [0.2, 0.25) is 5.09 Å². The standard InChI is InChI=1S/C12H20N2O4S/c1-13(2)19(16,17)12-4-3-11(18-12)8-14-6-5-10(7-14)9-15/h3-4,10,15H,5-9H2,1-2H3. The number of aliphatic hydroxyl groups is 1. The van der Waals surface area contributed by atoms with Crippen LogP contribution in [0, 0.1) is 5.92 Å². The van der Waals surface area contributed by atoms with Crippen LogP contribution >= 0.6 is 0 Å². The van der Waals surface area contributed by atoms with Gasteiger partial charge < -0.3 is 9.52 Å². The SMILES string of the molecule is CN(C)S(=O)(=O)c1ccc(CN2CCC(CO)C2)o1. The highest BCUT2D eigenvalue weighted by molar-refractivity contribution is 7.88. The molecule has 1 aromatic heterocycles. The summed E-state index contributed by atoms with van der Waals surface area (Å²) in [5.74, 6) is 0.957. The Morgan fingerprint density at radius 1 is 1.47 bits per heavy atom. The summed E-state index contributed by atoms with van der Waals surface area (Å²) in [5.41, 5.74) is 0. The number of hydrogen-bond donors (Lipinski definition) is 1. The van der Waals surface area contributed by atoms with Crippen molar-refractivity contribution in [2.75, 3.05) is 33.8 Å². The van der Waals surface area contributed by atoms with Crippen LogP contribution in [0.4, 0.5) is 0 Å². The lowest BCUT2D eigenvalue weighted by Gasteiger charge is -2.13. The minimum absolute atomic E-state index is 0.0228. The minimum Gasteiger partial charge on any atom is -0.447 e. The number of aliphatic hydroxyl groups excluding tert-OH is 1. The van der Waals surface area contributed by atoms with Gasteiger partial charge in [-0.1, -0.05) is 0 Å². The second-order valence-electron chi connectivity index (χ2n) is 5.08. The molecule has 2 heterocycles. The van der Waals surface area contributed by atoms with Crippen LogP contribution in [0.5, 0.6) is 0 Å². The first-order valence-corrected chi connectivity index (χ1v) is 7.72. The molecular formula is C12H20N2O4S. The molecule has 1 aromatic rings. The van der Waals surface area contributed by atoms with Crippen molar-refractivity contribution in [3.05, 3.63) is 17.9 Å². The Morgan fingerprint density at radius 3 is 2.79 bits per heavy atom. The first-order valence-electron chi connectivity index (χ1n) is 6.28. The molecule has 1 fully saturated rings. The van der Waals surface area contributed by atoms with Gasteiger partial charge in [0.25, 0.3) is 10.0 Å². The summed E-state index contributed by atoms with van der Waals surface area (Å²) in [4.78, 5) is 2.16. The summed E-state index contributed by atoms with van der Waals surface area (Å²) in [6.07, 6.45) is 0.972. The zero-order chi connectivity index (χ0) is 14.0. The van der Waals surface area contributed by atoms with Crippen LogP contribution in [0.3, 0.4) is 0 Å². The minimum atomic E-state index is -3.50. The highest BCUT2D eigenvalue weighted by Gasteiger charge is 2.25. The fraction of sp³-hybridized carbons (Fsp3) is 0.667. The van der Waals surface area contributed by atoms with E-state index in [0.29, 0.717) is 18.2 Å². The van der Waals surface area contributed by atoms with E-state index in [0.717, 1.165) is 23.8 Å². The Hall–Kier alpha value is -0.890. The Kier molecular flexibility index (Phi) is 4.29. The summed E-state index contributed by atoms with van der Waals surface area (Å²) < 4.78 is 30.3. The second-order valence-corrected chi connectivity index (χ2v) is 7.16. The molecule has 2 rings (SSSR count). The second kappa shape index (κ2) is 5.62. The average Bonchev–Trinajstić information content (AvgIpc) is 2.98. The van der Waals surface area contributed by atoms with Gasteiger partial charge in [-0.3, -0.25) is 4.90 Å². The van der Waals surface area contributed by atoms with Gasteiger partial charge in [0, 0.05) is 27.2 Å². The van der Waals surface area contributed by atoms with Crippen molar-refractivity contribution in [1.82, 2.24) is 9.21 Å². The molecule has 19 heavy (non-hydrogen) atoms. The maximum atomic E-state index is 11.9. The third-order valence-electron chi connectivity index (χ3n) is 3.38. The number of rotatable bonds is 5. The lowest BCUT2D eigenvalue weighted by atomic mass is 10.1. The predicted octanol–water partition coefficient (Wildman–Crippen LogP) is 0.344. The summed E-state index contributed by atoms with van der Waals surface area (Å²) in [7, 11) is -0.545. The van der Waals surface area contributed by atoms with E-state index in [1.54, 1.807) is 6.07 Å². The van der Waals surface area contributed by atoms with E-state index in [1.807, 2.05) is 0 Å². The maximum Gasteiger partial charge on any atom is 0.275 e. The van der Waals surface area contributed by atoms with E-state index in [2.05, 4.69) is 4.90 Å². The van der Waals surface area contributed by atoms with Crippen molar-refractivity contribution in [1.29, 1.82) is 0 Å². The molecule has 7 heteroatoms. The number of likely N-dealkylation sites (tertiary alicyclic amines) is 1. The highest BCUT2D eigenvalue weighted by Crippen LogP contribution is 2.21. The third-order valence-corrected chi connectivity index (χ3v) is 5.07. The summed E-state index contributed by atoms with van der Waals surface area (Å²) in [6.45, 7) is 2.52. The number of sulfonamides is 1. The van der Waals surface area contributed by atoms with E-state index in [9.17, 15) is 8.42 Å². The van der Waals surface area contributed by atoms with Gasteiger partial charge in [-0.15, -0.1) is 0 Å². The van der Waals surface area contributed by atoms with Crippen molar-refractivity contribution in [2.24, 2.45) is 5.92 Å². The topological polar surface area (TPSA) is 74.0 Å². The Labute approximate surface area is 113 Å². The zero-order valence-corrected chi connectivity index (χ0v) is 12.1. The van der Waals surface area contributed by atoms with Crippen molar-refractivity contribution < 1.29 is 17.9 Å². The molecule has 0 aliphatic carbocycles. The summed E-state index contributed by atoms with van der Waals surface area (Å²) >= 11 is 0.